The van der Waals surface area contributed by atoms with Crippen LogP contribution in [0.3, 0.4) is 0 Å². The van der Waals surface area contributed by atoms with E-state index in [1.165, 1.54) is 18.2 Å². The normalized spacial score (nSPS) is 10.8. The van der Waals surface area contributed by atoms with Crippen LogP contribution >= 0.6 is 11.3 Å². The van der Waals surface area contributed by atoms with E-state index < -0.39 is 12.2 Å². The molecule has 1 aromatic heterocycles. The average molecular weight is 260 g/mol. The van der Waals surface area contributed by atoms with Crippen molar-refractivity contribution in [2.24, 2.45) is 0 Å². The van der Waals surface area contributed by atoms with Crippen molar-refractivity contribution in [3.8, 4) is 0 Å². The van der Waals surface area contributed by atoms with Gasteiger partial charge in [-0.15, -0.1) is 10.2 Å². The minimum atomic E-state index is -2.65. The SMILES string of the molecule is Nc1cc(Nc2nnc(C(F)F)s2)ccc1F. The molecule has 0 saturated carbocycles. The molecule has 8 heteroatoms. The van der Waals surface area contributed by atoms with E-state index in [4.69, 9.17) is 5.73 Å². The maximum atomic E-state index is 12.9. The van der Waals surface area contributed by atoms with E-state index in [0.717, 1.165) is 11.3 Å². The van der Waals surface area contributed by atoms with E-state index in [9.17, 15) is 13.2 Å². The molecule has 0 aliphatic rings. The van der Waals surface area contributed by atoms with Gasteiger partial charge < -0.3 is 11.1 Å². The van der Waals surface area contributed by atoms with Crippen molar-refractivity contribution < 1.29 is 13.2 Å². The highest BCUT2D eigenvalue weighted by Gasteiger charge is 2.14. The number of rotatable bonds is 3. The van der Waals surface area contributed by atoms with Gasteiger partial charge in [0.05, 0.1) is 5.69 Å². The first-order valence-electron chi connectivity index (χ1n) is 4.50. The quantitative estimate of drug-likeness (QED) is 0.833. The molecule has 2 aromatic rings. The number of nitrogen functional groups attached to an aromatic ring is 1. The Labute approximate surface area is 98.3 Å². The Hall–Kier alpha value is -1.83. The Bertz CT molecular complexity index is 529. The van der Waals surface area contributed by atoms with E-state index >= 15 is 0 Å². The number of nitrogens with two attached hydrogens (primary N) is 1. The van der Waals surface area contributed by atoms with Crippen LogP contribution in [0.2, 0.25) is 0 Å². The minimum Gasteiger partial charge on any atom is -0.396 e. The standard InChI is InChI=1S/C9H7F3N4S/c10-5-2-1-4(3-6(5)13)14-9-16-15-8(17-9)7(11)12/h1-3,7H,13H2,(H,14,16). The molecular formula is C9H7F3N4S. The van der Waals surface area contributed by atoms with Gasteiger partial charge in [-0.1, -0.05) is 11.3 Å². The lowest BCUT2D eigenvalue weighted by atomic mass is 10.3. The van der Waals surface area contributed by atoms with Crippen LogP contribution in [-0.4, -0.2) is 10.2 Å². The van der Waals surface area contributed by atoms with Gasteiger partial charge in [0.1, 0.15) is 5.82 Å². The summed E-state index contributed by atoms with van der Waals surface area (Å²) in [5.74, 6) is -0.541. The van der Waals surface area contributed by atoms with Crippen molar-refractivity contribution in [2.75, 3.05) is 11.1 Å². The summed E-state index contributed by atoms with van der Waals surface area (Å²) in [6.07, 6.45) is -2.65. The summed E-state index contributed by atoms with van der Waals surface area (Å²) in [4.78, 5) is 0. The first-order chi connectivity index (χ1) is 8.06. The third-order valence-electron chi connectivity index (χ3n) is 1.87. The maximum Gasteiger partial charge on any atom is 0.291 e. The monoisotopic (exact) mass is 260 g/mol. The zero-order valence-corrected chi connectivity index (χ0v) is 9.14. The molecule has 0 unspecified atom stereocenters. The second-order valence-electron chi connectivity index (χ2n) is 3.11. The van der Waals surface area contributed by atoms with Crippen LogP contribution < -0.4 is 11.1 Å². The van der Waals surface area contributed by atoms with Crippen molar-refractivity contribution in [2.45, 2.75) is 6.43 Å². The first kappa shape index (κ1) is 11.6. The number of nitrogens with zero attached hydrogens (tertiary/aromatic N) is 2. The van der Waals surface area contributed by atoms with Crippen molar-refractivity contribution in [3.05, 3.63) is 29.0 Å². The Morgan fingerprint density at radius 2 is 2.06 bits per heavy atom. The van der Waals surface area contributed by atoms with E-state index in [-0.39, 0.29) is 15.8 Å². The summed E-state index contributed by atoms with van der Waals surface area (Å²) < 4.78 is 37.4. The number of hydrogen-bond donors (Lipinski definition) is 2. The van der Waals surface area contributed by atoms with Crippen LogP contribution in [0, 0.1) is 5.82 Å². The lowest BCUT2D eigenvalue weighted by Gasteiger charge is -2.03. The summed E-state index contributed by atoms with van der Waals surface area (Å²) in [5.41, 5.74) is 5.79. The molecule has 0 aliphatic heterocycles. The van der Waals surface area contributed by atoms with Crippen LogP contribution in [-0.2, 0) is 0 Å². The van der Waals surface area contributed by atoms with Crippen LogP contribution in [0.25, 0.3) is 0 Å². The van der Waals surface area contributed by atoms with E-state index in [2.05, 4.69) is 15.5 Å². The predicted octanol–water partition coefficient (Wildman–Crippen LogP) is 2.94. The van der Waals surface area contributed by atoms with Crippen molar-refractivity contribution in [1.82, 2.24) is 10.2 Å². The van der Waals surface area contributed by atoms with Gasteiger partial charge in [-0.25, -0.2) is 13.2 Å². The van der Waals surface area contributed by atoms with Gasteiger partial charge in [0, 0.05) is 5.69 Å². The Morgan fingerprint density at radius 1 is 1.29 bits per heavy atom. The number of aromatic nitrogens is 2. The zero-order chi connectivity index (χ0) is 12.4. The fraction of sp³-hybridized carbons (Fsp3) is 0.111. The van der Waals surface area contributed by atoms with Crippen molar-refractivity contribution >= 4 is 27.8 Å². The highest BCUT2D eigenvalue weighted by atomic mass is 32.1. The molecule has 3 N–H and O–H groups in total. The number of nitrogens with one attached hydrogen (secondary N) is 1. The molecule has 90 valence electrons. The highest BCUT2D eigenvalue weighted by molar-refractivity contribution is 7.15. The molecule has 0 radical (unpaired) electrons. The largest absolute Gasteiger partial charge is 0.396 e. The second-order valence-corrected chi connectivity index (χ2v) is 4.12. The number of benzene rings is 1. The Morgan fingerprint density at radius 3 is 2.65 bits per heavy atom. The summed E-state index contributed by atoms with van der Waals surface area (Å²) >= 11 is 0.728. The van der Waals surface area contributed by atoms with Crippen molar-refractivity contribution in [1.29, 1.82) is 0 Å². The lowest BCUT2D eigenvalue weighted by molar-refractivity contribution is 0.150. The second kappa shape index (κ2) is 4.58. The minimum absolute atomic E-state index is 0.0337. The molecule has 2 rings (SSSR count). The highest BCUT2D eigenvalue weighted by Crippen LogP contribution is 2.28. The Kier molecular flexibility index (Phi) is 3.14. The molecule has 1 heterocycles. The molecule has 17 heavy (non-hydrogen) atoms. The third-order valence-corrected chi connectivity index (χ3v) is 2.72. The van der Waals surface area contributed by atoms with Crippen LogP contribution in [0.1, 0.15) is 11.4 Å². The van der Waals surface area contributed by atoms with Crippen LogP contribution in [0.5, 0.6) is 0 Å². The number of anilines is 3. The smallest absolute Gasteiger partial charge is 0.291 e. The van der Waals surface area contributed by atoms with Gasteiger partial charge in [-0.3, -0.25) is 0 Å². The summed E-state index contributed by atoms with van der Waals surface area (Å²) in [7, 11) is 0. The topological polar surface area (TPSA) is 63.8 Å². The molecule has 4 nitrogen and oxygen atoms in total. The Balaban J connectivity index is 2.16. The first-order valence-corrected chi connectivity index (χ1v) is 5.31. The van der Waals surface area contributed by atoms with E-state index in [0.29, 0.717) is 5.69 Å². The average Bonchev–Trinajstić information content (AvgIpc) is 2.72. The number of halogens is 3. The van der Waals surface area contributed by atoms with Gasteiger partial charge in [0.2, 0.25) is 5.13 Å². The van der Waals surface area contributed by atoms with Gasteiger partial charge in [0.25, 0.3) is 6.43 Å². The molecule has 0 amide bonds. The zero-order valence-electron chi connectivity index (χ0n) is 8.32. The molecule has 1 aromatic carbocycles. The maximum absolute atomic E-state index is 12.9. The molecule has 0 saturated heterocycles. The summed E-state index contributed by atoms with van der Waals surface area (Å²) in [6, 6.07) is 3.95. The van der Waals surface area contributed by atoms with Gasteiger partial charge >= 0.3 is 0 Å². The van der Waals surface area contributed by atoms with Gasteiger partial charge in [0.15, 0.2) is 5.01 Å². The number of hydrogen-bond acceptors (Lipinski definition) is 5. The fourth-order valence-electron chi connectivity index (χ4n) is 1.12. The predicted molar refractivity (Wildman–Crippen MR) is 59.0 cm³/mol. The molecule has 0 spiro atoms. The number of alkyl halides is 2. The summed E-state index contributed by atoms with van der Waals surface area (Å²) in [6.45, 7) is 0. The lowest BCUT2D eigenvalue weighted by Crippen LogP contribution is -1.94. The van der Waals surface area contributed by atoms with E-state index in [1.807, 2.05) is 0 Å². The van der Waals surface area contributed by atoms with Gasteiger partial charge in [-0.05, 0) is 18.2 Å². The molecule has 0 bridgehead atoms. The van der Waals surface area contributed by atoms with Crippen LogP contribution in [0.4, 0.5) is 29.7 Å². The molecule has 0 aliphatic carbocycles. The summed E-state index contributed by atoms with van der Waals surface area (Å²) in [5, 5.41) is 9.37. The van der Waals surface area contributed by atoms with Crippen molar-refractivity contribution in [3.63, 3.8) is 0 Å². The van der Waals surface area contributed by atoms with Gasteiger partial charge in [-0.2, -0.15) is 0 Å². The fourth-order valence-corrected chi connectivity index (χ4v) is 1.74. The molecule has 0 atom stereocenters. The molecule has 0 fully saturated rings. The van der Waals surface area contributed by atoms with Crippen LogP contribution in [0.15, 0.2) is 18.2 Å². The molecular weight excluding hydrogens is 253 g/mol. The van der Waals surface area contributed by atoms with E-state index in [1.54, 1.807) is 0 Å². The third kappa shape index (κ3) is 2.64.